The van der Waals surface area contributed by atoms with Crippen LogP contribution >= 0.6 is 20.3 Å². The van der Waals surface area contributed by atoms with Gasteiger partial charge in [-0.1, -0.05) is 38.5 Å². The van der Waals surface area contributed by atoms with Crippen LogP contribution in [0.3, 0.4) is 0 Å². The number of hydrogen-bond donors (Lipinski definition) is 0. The Morgan fingerprint density at radius 1 is 0.824 bits per heavy atom. The topological polar surface area (TPSA) is 0 Å². The van der Waals surface area contributed by atoms with Crippen molar-refractivity contribution >= 4 is 25.6 Å². The first kappa shape index (κ1) is 12.7. The van der Waals surface area contributed by atoms with Crippen LogP contribution in [0.15, 0.2) is 52.3 Å². The minimum Gasteiger partial charge on any atom is -0.0936 e. The molecule has 1 unspecified atom stereocenters. The zero-order valence-corrected chi connectivity index (χ0v) is 12.3. The summed E-state index contributed by atoms with van der Waals surface area (Å²) in [6.07, 6.45) is 0. The highest BCUT2D eigenvalue weighted by Gasteiger charge is 1.99. The van der Waals surface area contributed by atoms with E-state index >= 15 is 0 Å². The second kappa shape index (κ2) is 5.71. The molecular weight excluding hydrogens is 243 g/mol. The van der Waals surface area contributed by atoms with Crippen molar-refractivity contribution in [3.05, 3.63) is 53.6 Å². The number of hydrogen-bond acceptors (Lipinski definition) is 1. The fraction of sp³-hybridized carbons (Fsp3) is 0.200. The Balaban J connectivity index is 2.16. The summed E-state index contributed by atoms with van der Waals surface area (Å²) in [5.74, 6) is 0. The van der Waals surface area contributed by atoms with E-state index in [1.807, 2.05) is 11.8 Å². The van der Waals surface area contributed by atoms with Gasteiger partial charge < -0.3 is 0 Å². The summed E-state index contributed by atoms with van der Waals surface area (Å²) in [5.41, 5.74) is 2.72. The second-order valence-electron chi connectivity index (χ2n) is 4.12. The van der Waals surface area contributed by atoms with Crippen LogP contribution in [0.2, 0.25) is 0 Å². The number of benzene rings is 2. The van der Waals surface area contributed by atoms with Crippen LogP contribution in [0.4, 0.5) is 0 Å². The van der Waals surface area contributed by atoms with Gasteiger partial charge in [0.05, 0.1) is 0 Å². The van der Waals surface area contributed by atoms with Crippen LogP contribution in [0.5, 0.6) is 0 Å². The van der Waals surface area contributed by atoms with Gasteiger partial charge in [0.15, 0.2) is 0 Å². The zero-order valence-electron chi connectivity index (χ0n) is 10.4. The molecule has 2 heteroatoms. The standard InChI is InChI=1S/C15H17PS/c1-11-4-7-15(10-12(11)2)17-14-8-5-13(16-3)6-9-14/h4-10,16H,1-3H3. The highest BCUT2D eigenvalue weighted by Crippen LogP contribution is 2.28. The molecule has 0 aliphatic heterocycles. The quantitative estimate of drug-likeness (QED) is 0.738. The van der Waals surface area contributed by atoms with Gasteiger partial charge in [0.25, 0.3) is 0 Å². The van der Waals surface area contributed by atoms with Gasteiger partial charge in [-0.05, 0) is 61.2 Å². The minimum absolute atomic E-state index is 0.881. The van der Waals surface area contributed by atoms with Crippen LogP contribution in [0.1, 0.15) is 11.1 Å². The van der Waals surface area contributed by atoms with E-state index in [4.69, 9.17) is 0 Å². The molecule has 2 aromatic rings. The Bertz CT molecular complexity index is 503. The lowest BCUT2D eigenvalue weighted by Gasteiger charge is -2.05. The van der Waals surface area contributed by atoms with E-state index in [9.17, 15) is 0 Å². The molecule has 0 aliphatic carbocycles. The Hall–Kier alpha value is -0.780. The molecule has 88 valence electrons. The zero-order chi connectivity index (χ0) is 12.3. The Morgan fingerprint density at radius 3 is 2.06 bits per heavy atom. The third kappa shape index (κ3) is 3.34. The van der Waals surface area contributed by atoms with Gasteiger partial charge in [-0.25, -0.2) is 0 Å². The average molecular weight is 260 g/mol. The van der Waals surface area contributed by atoms with E-state index in [0.717, 1.165) is 8.58 Å². The summed E-state index contributed by atoms with van der Waals surface area (Å²) < 4.78 is 0. The molecule has 0 heterocycles. The maximum atomic E-state index is 2.26. The summed E-state index contributed by atoms with van der Waals surface area (Å²) in [4.78, 5) is 2.63. The molecule has 0 fully saturated rings. The van der Waals surface area contributed by atoms with Crippen molar-refractivity contribution in [2.45, 2.75) is 23.6 Å². The lowest BCUT2D eigenvalue weighted by atomic mass is 10.1. The first-order chi connectivity index (χ1) is 8.19. The fourth-order valence-electron chi connectivity index (χ4n) is 1.60. The molecule has 0 nitrogen and oxygen atoms in total. The predicted octanol–water partition coefficient (Wildman–Crippen LogP) is 4.39. The SMILES string of the molecule is CPc1ccc(Sc2ccc(C)c(C)c2)cc1. The first-order valence-electron chi connectivity index (χ1n) is 5.72. The number of aryl methyl sites for hydroxylation is 2. The Kier molecular flexibility index (Phi) is 4.25. The first-order valence-corrected chi connectivity index (χ1v) is 8.03. The summed E-state index contributed by atoms with van der Waals surface area (Å²) in [5, 5.41) is 1.43. The third-order valence-electron chi connectivity index (χ3n) is 2.86. The maximum absolute atomic E-state index is 2.26. The van der Waals surface area contributed by atoms with Crippen molar-refractivity contribution in [2.75, 3.05) is 6.66 Å². The normalized spacial score (nSPS) is 11.2. The summed E-state index contributed by atoms with van der Waals surface area (Å²) in [6.45, 7) is 6.53. The Morgan fingerprint density at radius 2 is 1.47 bits per heavy atom. The van der Waals surface area contributed by atoms with Gasteiger partial charge in [-0.2, -0.15) is 0 Å². The van der Waals surface area contributed by atoms with Crippen molar-refractivity contribution < 1.29 is 0 Å². The minimum atomic E-state index is 0.881. The van der Waals surface area contributed by atoms with Gasteiger partial charge >= 0.3 is 0 Å². The molecule has 1 atom stereocenters. The van der Waals surface area contributed by atoms with Crippen molar-refractivity contribution in [3.8, 4) is 0 Å². The van der Waals surface area contributed by atoms with E-state index in [1.165, 1.54) is 26.2 Å². The van der Waals surface area contributed by atoms with Gasteiger partial charge in [-0.3, -0.25) is 0 Å². The van der Waals surface area contributed by atoms with Gasteiger partial charge in [0.2, 0.25) is 0 Å². The van der Waals surface area contributed by atoms with Crippen LogP contribution in [-0.2, 0) is 0 Å². The molecule has 0 spiro atoms. The monoisotopic (exact) mass is 260 g/mol. The van der Waals surface area contributed by atoms with Crippen LogP contribution in [-0.4, -0.2) is 6.66 Å². The lowest BCUT2D eigenvalue weighted by molar-refractivity contribution is 1.27. The summed E-state index contributed by atoms with van der Waals surface area (Å²) in [7, 11) is 0.881. The van der Waals surface area contributed by atoms with E-state index in [-0.39, 0.29) is 0 Å². The molecule has 0 N–H and O–H groups in total. The molecular formula is C15H17PS. The highest BCUT2D eigenvalue weighted by atomic mass is 32.2. The van der Waals surface area contributed by atoms with Crippen LogP contribution < -0.4 is 5.30 Å². The number of rotatable bonds is 3. The fourth-order valence-corrected chi connectivity index (χ4v) is 3.02. The van der Waals surface area contributed by atoms with E-state index in [1.54, 1.807) is 0 Å². The van der Waals surface area contributed by atoms with Crippen molar-refractivity contribution in [3.63, 3.8) is 0 Å². The summed E-state index contributed by atoms with van der Waals surface area (Å²) in [6, 6.07) is 15.5. The Labute approximate surface area is 110 Å². The predicted molar refractivity (Wildman–Crippen MR) is 80.4 cm³/mol. The molecule has 0 amide bonds. The average Bonchev–Trinajstić information content (AvgIpc) is 2.35. The van der Waals surface area contributed by atoms with Crippen molar-refractivity contribution in [1.29, 1.82) is 0 Å². The largest absolute Gasteiger partial charge is 0.0936 e. The molecule has 0 aliphatic rings. The highest BCUT2D eigenvalue weighted by molar-refractivity contribution is 7.99. The second-order valence-corrected chi connectivity index (χ2v) is 6.35. The van der Waals surface area contributed by atoms with Gasteiger partial charge in [0.1, 0.15) is 0 Å². The summed E-state index contributed by atoms with van der Waals surface area (Å²) >= 11 is 1.83. The van der Waals surface area contributed by atoms with E-state index in [2.05, 4.69) is 63.0 Å². The third-order valence-corrected chi connectivity index (χ3v) is 4.77. The maximum Gasteiger partial charge on any atom is 0.0125 e. The van der Waals surface area contributed by atoms with Gasteiger partial charge in [0, 0.05) is 9.79 Å². The molecule has 0 saturated heterocycles. The molecule has 17 heavy (non-hydrogen) atoms. The van der Waals surface area contributed by atoms with E-state index < -0.39 is 0 Å². The molecule has 0 radical (unpaired) electrons. The van der Waals surface area contributed by atoms with Crippen molar-refractivity contribution in [2.24, 2.45) is 0 Å². The smallest absolute Gasteiger partial charge is 0.0125 e. The lowest BCUT2D eigenvalue weighted by Crippen LogP contribution is -1.90. The molecule has 2 aromatic carbocycles. The molecule has 2 rings (SSSR count). The van der Waals surface area contributed by atoms with Crippen LogP contribution in [0.25, 0.3) is 0 Å². The molecule has 0 bridgehead atoms. The van der Waals surface area contributed by atoms with Crippen LogP contribution in [0, 0.1) is 13.8 Å². The van der Waals surface area contributed by atoms with Crippen molar-refractivity contribution in [1.82, 2.24) is 0 Å². The molecule has 0 saturated carbocycles. The molecule has 0 aromatic heterocycles. The van der Waals surface area contributed by atoms with Gasteiger partial charge in [-0.15, -0.1) is 0 Å². The van der Waals surface area contributed by atoms with E-state index in [0.29, 0.717) is 0 Å².